The Morgan fingerprint density at radius 1 is 1.33 bits per heavy atom. The summed E-state index contributed by atoms with van der Waals surface area (Å²) >= 11 is 0. The minimum absolute atomic E-state index is 0.101. The van der Waals surface area contributed by atoms with Gasteiger partial charge in [-0.1, -0.05) is 18.2 Å². The van der Waals surface area contributed by atoms with E-state index in [0.717, 1.165) is 24.1 Å². The lowest BCUT2D eigenvalue weighted by molar-refractivity contribution is -0.161. The molecule has 2 heterocycles. The van der Waals surface area contributed by atoms with E-state index >= 15 is 0 Å². The molecule has 5 nitrogen and oxygen atoms in total. The topological polar surface area (TPSA) is 69.6 Å². The summed E-state index contributed by atoms with van der Waals surface area (Å²) in [5.74, 6) is -1.01. The predicted molar refractivity (Wildman–Crippen MR) is 79.2 cm³/mol. The SMILES string of the molecule is CC1(C(=O)O)CCCCN1C(=O)C1Cc2ccccc2N1. The zero-order chi connectivity index (χ0) is 15.0. The number of nitrogens with one attached hydrogen (secondary N) is 1. The van der Waals surface area contributed by atoms with Gasteiger partial charge in [0.25, 0.3) is 0 Å². The number of carbonyl (C=O) groups is 2. The minimum atomic E-state index is -1.08. The molecule has 3 rings (SSSR count). The lowest BCUT2D eigenvalue weighted by Crippen LogP contribution is -2.60. The van der Waals surface area contributed by atoms with Crippen LogP contribution < -0.4 is 5.32 Å². The number of carboxylic acids is 1. The zero-order valence-corrected chi connectivity index (χ0v) is 12.1. The minimum Gasteiger partial charge on any atom is -0.480 e. The number of carbonyl (C=O) groups excluding carboxylic acids is 1. The monoisotopic (exact) mass is 288 g/mol. The molecule has 21 heavy (non-hydrogen) atoms. The Morgan fingerprint density at radius 2 is 2.10 bits per heavy atom. The molecule has 0 bridgehead atoms. The first-order valence-corrected chi connectivity index (χ1v) is 7.42. The predicted octanol–water partition coefficient (Wildman–Crippen LogP) is 1.88. The molecule has 5 heteroatoms. The maximum atomic E-state index is 12.8. The smallest absolute Gasteiger partial charge is 0.329 e. The van der Waals surface area contributed by atoms with Crippen molar-refractivity contribution >= 4 is 17.6 Å². The summed E-state index contributed by atoms with van der Waals surface area (Å²) in [4.78, 5) is 26.0. The molecule has 0 radical (unpaired) electrons. The highest BCUT2D eigenvalue weighted by Crippen LogP contribution is 2.32. The van der Waals surface area contributed by atoms with Crippen LogP contribution in [-0.4, -0.2) is 40.0 Å². The zero-order valence-electron chi connectivity index (χ0n) is 12.1. The Labute approximate surface area is 123 Å². The average Bonchev–Trinajstić information content (AvgIpc) is 2.91. The first-order chi connectivity index (χ1) is 10.0. The third-order valence-electron chi connectivity index (χ3n) is 4.69. The number of rotatable bonds is 2. The Bertz CT molecular complexity index is 562. The molecule has 2 aliphatic rings. The van der Waals surface area contributed by atoms with E-state index in [2.05, 4.69) is 5.32 Å². The van der Waals surface area contributed by atoms with Crippen molar-refractivity contribution in [3.63, 3.8) is 0 Å². The van der Waals surface area contributed by atoms with Crippen molar-refractivity contribution in [2.75, 3.05) is 11.9 Å². The van der Waals surface area contributed by atoms with Gasteiger partial charge in [-0.05, 0) is 37.8 Å². The van der Waals surface area contributed by atoms with Gasteiger partial charge in [-0.3, -0.25) is 4.79 Å². The second kappa shape index (κ2) is 5.06. The summed E-state index contributed by atoms with van der Waals surface area (Å²) in [6.07, 6.45) is 2.87. The van der Waals surface area contributed by atoms with Gasteiger partial charge in [0.1, 0.15) is 11.6 Å². The van der Waals surface area contributed by atoms with Crippen LogP contribution in [0.4, 0.5) is 5.69 Å². The quantitative estimate of drug-likeness (QED) is 0.872. The van der Waals surface area contributed by atoms with Crippen LogP contribution in [0.3, 0.4) is 0 Å². The van der Waals surface area contributed by atoms with Crippen LogP contribution >= 0.6 is 0 Å². The lowest BCUT2D eigenvalue weighted by Gasteiger charge is -2.42. The van der Waals surface area contributed by atoms with Crippen LogP contribution in [0, 0.1) is 0 Å². The number of piperidine rings is 1. The molecule has 2 aliphatic heterocycles. The van der Waals surface area contributed by atoms with Gasteiger partial charge in [-0.15, -0.1) is 0 Å². The van der Waals surface area contributed by atoms with E-state index in [1.807, 2.05) is 24.3 Å². The third-order valence-corrected chi connectivity index (χ3v) is 4.69. The van der Waals surface area contributed by atoms with Crippen LogP contribution in [0.25, 0.3) is 0 Å². The third kappa shape index (κ3) is 2.26. The molecule has 0 aromatic heterocycles. The molecule has 2 unspecified atom stereocenters. The van der Waals surface area contributed by atoms with E-state index in [1.54, 1.807) is 11.8 Å². The molecule has 112 valence electrons. The molecule has 1 aromatic carbocycles. The summed E-state index contributed by atoms with van der Waals surface area (Å²) in [5.41, 5.74) is 1.01. The first-order valence-electron chi connectivity index (χ1n) is 7.42. The standard InChI is InChI=1S/C16H20N2O3/c1-16(15(20)21)8-4-5-9-18(16)14(19)13-10-11-6-2-3-7-12(11)17-13/h2-3,6-7,13,17H,4-5,8-10H2,1H3,(H,20,21). The first kappa shape index (κ1) is 13.9. The number of hydrogen-bond donors (Lipinski definition) is 2. The summed E-state index contributed by atoms with van der Waals surface area (Å²) < 4.78 is 0. The van der Waals surface area contributed by atoms with Crippen LogP contribution in [0.15, 0.2) is 24.3 Å². The Kier molecular flexibility index (Phi) is 3.35. The number of hydrogen-bond acceptors (Lipinski definition) is 3. The molecule has 0 saturated carbocycles. The molecule has 1 saturated heterocycles. The molecule has 2 N–H and O–H groups in total. The maximum Gasteiger partial charge on any atom is 0.329 e. The largest absolute Gasteiger partial charge is 0.480 e. The van der Waals surface area contributed by atoms with E-state index < -0.39 is 11.5 Å². The van der Waals surface area contributed by atoms with Gasteiger partial charge in [-0.2, -0.15) is 0 Å². The number of anilines is 1. The average molecular weight is 288 g/mol. The van der Waals surface area contributed by atoms with Crippen LogP contribution in [0.1, 0.15) is 31.7 Å². The van der Waals surface area contributed by atoms with Gasteiger partial charge in [0, 0.05) is 18.7 Å². The van der Waals surface area contributed by atoms with E-state index in [-0.39, 0.29) is 11.9 Å². The van der Waals surface area contributed by atoms with Crippen molar-refractivity contribution in [2.45, 2.75) is 44.2 Å². The van der Waals surface area contributed by atoms with Gasteiger partial charge in [0.15, 0.2) is 0 Å². The summed E-state index contributed by atoms with van der Waals surface area (Å²) in [6, 6.07) is 7.49. The molecule has 1 fully saturated rings. The van der Waals surface area contributed by atoms with Crippen molar-refractivity contribution in [1.82, 2.24) is 4.90 Å². The maximum absolute atomic E-state index is 12.8. The molecule has 0 spiro atoms. The number of likely N-dealkylation sites (tertiary alicyclic amines) is 1. The van der Waals surface area contributed by atoms with Crippen molar-refractivity contribution in [2.24, 2.45) is 0 Å². The molecular formula is C16H20N2O3. The normalized spacial score (nSPS) is 27.9. The van der Waals surface area contributed by atoms with Crippen molar-refractivity contribution in [3.05, 3.63) is 29.8 Å². The van der Waals surface area contributed by atoms with Crippen molar-refractivity contribution in [3.8, 4) is 0 Å². The van der Waals surface area contributed by atoms with Gasteiger partial charge >= 0.3 is 5.97 Å². The number of fused-ring (bicyclic) bond motifs is 1. The van der Waals surface area contributed by atoms with E-state index in [9.17, 15) is 14.7 Å². The molecule has 0 aliphatic carbocycles. The highest BCUT2D eigenvalue weighted by Gasteiger charge is 2.46. The van der Waals surface area contributed by atoms with Gasteiger partial charge in [0.2, 0.25) is 5.91 Å². The highest BCUT2D eigenvalue weighted by molar-refractivity contribution is 5.92. The van der Waals surface area contributed by atoms with E-state index in [0.29, 0.717) is 19.4 Å². The fraction of sp³-hybridized carbons (Fsp3) is 0.500. The van der Waals surface area contributed by atoms with Crippen molar-refractivity contribution < 1.29 is 14.7 Å². The number of amides is 1. The summed E-state index contributed by atoms with van der Waals surface area (Å²) in [7, 11) is 0. The second-order valence-corrected chi connectivity index (χ2v) is 6.08. The lowest BCUT2D eigenvalue weighted by atomic mass is 9.87. The van der Waals surface area contributed by atoms with Gasteiger partial charge in [-0.25, -0.2) is 4.79 Å². The van der Waals surface area contributed by atoms with E-state index in [1.165, 1.54) is 0 Å². The molecular weight excluding hydrogens is 268 g/mol. The molecule has 1 amide bonds. The van der Waals surface area contributed by atoms with Crippen LogP contribution in [0.5, 0.6) is 0 Å². The molecule has 2 atom stereocenters. The highest BCUT2D eigenvalue weighted by atomic mass is 16.4. The molecule has 1 aromatic rings. The Hall–Kier alpha value is -2.04. The number of para-hydroxylation sites is 1. The second-order valence-electron chi connectivity index (χ2n) is 6.08. The number of aliphatic carboxylic acids is 1. The van der Waals surface area contributed by atoms with Gasteiger partial charge < -0.3 is 15.3 Å². The summed E-state index contributed by atoms with van der Waals surface area (Å²) in [5, 5.41) is 12.7. The Balaban J connectivity index is 1.81. The summed E-state index contributed by atoms with van der Waals surface area (Å²) in [6.45, 7) is 2.19. The number of nitrogens with zero attached hydrogens (tertiary/aromatic N) is 1. The number of carboxylic acid groups (broad SMARTS) is 1. The fourth-order valence-corrected chi connectivity index (χ4v) is 3.33. The number of benzene rings is 1. The van der Waals surface area contributed by atoms with E-state index in [4.69, 9.17) is 0 Å². The Morgan fingerprint density at radius 3 is 2.81 bits per heavy atom. The fourth-order valence-electron chi connectivity index (χ4n) is 3.33. The van der Waals surface area contributed by atoms with Crippen molar-refractivity contribution in [1.29, 1.82) is 0 Å². The van der Waals surface area contributed by atoms with Crippen LogP contribution in [-0.2, 0) is 16.0 Å². The van der Waals surface area contributed by atoms with Gasteiger partial charge in [0.05, 0.1) is 0 Å². The van der Waals surface area contributed by atoms with Crippen LogP contribution in [0.2, 0.25) is 0 Å².